The number of hydrogen-bond acceptors (Lipinski definition) is 3. The lowest BCUT2D eigenvalue weighted by Crippen LogP contribution is -2.46. The van der Waals surface area contributed by atoms with Crippen LogP contribution in [0.25, 0.3) is 0 Å². The van der Waals surface area contributed by atoms with Gasteiger partial charge in [0, 0.05) is 32.5 Å². The molecule has 0 bridgehead atoms. The molecule has 0 saturated carbocycles. The molecule has 2 heterocycles. The second kappa shape index (κ2) is 4.00. The van der Waals surface area contributed by atoms with Crippen LogP contribution in [-0.4, -0.2) is 54.2 Å². The van der Waals surface area contributed by atoms with Crippen molar-refractivity contribution in [2.24, 2.45) is 0 Å². The van der Waals surface area contributed by atoms with Gasteiger partial charge >= 0.3 is 6.09 Å². The molecule has 0 unspecified atom stereocenters. The summed E-state index contributed by atoms with van der Waals surface area (Å²) >= 11 is 0. The van der Waals surface area contributed by atoms with Gasteiger partial charge in [-0.2, -0.15) is 0 Å². The van der Waals surface area contributed by atoms with Gasteiger partial charge in [-0.05, 0) is 13.5 Å². The van der Waals surface area contributed by atoms with E-state index in [1.165, 1.54) is 0 Å². The molecule has 4 nitrogen and oxygen atoms in total. The van der Waals surface area contributed by atoms with Gasteiger partial charge in [-0.3, -0.25) is 0 Å². The minimum atomic E-state index is -0.168. The van der Waals surface area contributed by atoms with Crippen molar-refractivity contribution in [3.63, 3.8) is 0 Å². The number of likely N-dealkylation sites (N-methyl/N-ethyl adjacent to an activating group) is 1. The number of carbonyl (C=O) groups is 1. The Morgan fingerprint density at radius 2 is 1.93 bits per heavy atom. The van der Waals surface area contributed by atoms with Crippen molar-refractivity contribution in [3.05, 3.63) is 0 Å². The normalized spacial score (nSPS) is 26.0. The largest absolute Gasteiger partial charge is 0.441 e. The molecular weight excluding hydrogens is 192 g/mol. The number of rotatable bonds is 2. The van der Waals surface area contributed by atoms with E-state index in [1.807, 2.05) is 11.8 Å². The maximum atomic E-state index is 11.5. The van der Waals surface area contributed by atoms with Crippen molar-refractivity contribution in [3.8, 4) is 0 Å². The smallest absolute Gasteiger partial charge is 0.410 e. The monoisotopic (exact) mass is 212 g/mol. The van der Waals surface area contributed by atoms with Crippen molar-refractivity contribution < 1.29 is 9.53 Å². The van der Waals surface area contributed by atoms with E-state index in [1.54, 1.807) is 0 Å². The number of nitrogens with zero attached hydrogens (tertiary/aromatic N) is 2. The van der Waals surface area contributed by atoms with Gasteiger partial charge in [0.1, 0.15) is 5.60 Å². The topological polar surface area (TPSA) is 32.8 Å². The number of amides is 1. The van der Waals surface area contributed by atoms with E-state index >= 15 is 0 Å². The van der Waals surface area contributed by atoms with Crippen LogP contribution in [0.15, 0.2) is 0 Å². The Morgan fingerprint density at radius 3 is 2.40 bits per heavy atom. The summed E-state index contributed by atoms with van der Waals surface area (Å²) in [6.07, 6.45) is 1.86. The van der Waals surface area contributed by atoms with Crippen molar-refractivity contribution in [1.82, 2.24) is 9.80 Å². The molecule has 1 spiro atoms. The highest BCUT2D eigenvalue weighted by Gasteiger charge is 2.46. The Morgan fingerprint density at radius 1 is 1.27 bits per heavy atom. The summed E-state index contributed by atoms with van der Waals surface area (Å²) in [7, 11) is 0. The molecule has 2 aliphatic rings. The fraction of sp³-hybridized carbons (Fsp3) is 0.909. The minimum Gasteiger partial charge on any atom is -0.441 e. The third kappa shape index (κ3) is 1.95. The highest BCUT2D eigenvalue weighted by atomic mass is 16.6. The Kier molecular flexibility index (Phi) is 2.87. The van der Waals surface area contributed by atoms with Crippen LogP contribution in [0.3, 0.4) is 0 Å². The van der Waals surface area contributed by atoms with Crippen LogP contribution in [0.2, 0.25) is 0 Å². The first kappa shape index (κ1) is 10.7. The second-order valence-corrected chi connectivity index (χ2v) is 4.50. The quantitative estimate of drug-likeness (QED) is 0.692. The first-order chi connectivity index (χ1) is 7.19. The Hall–Kier alpha value is -0.770. The fourth-order valence-corrected chi connectivity index (χ4v) is 2.47. The first-order valence-electron chi connectivity index (χ1n) is 5.89. The third-order valence-corrected chi connectivity index (χ3v) is 3.64. The van der Waals surface area contributed by atoms with Crippen molar-refractivity contribution >= 4 is 6.09 Å². The molecule has 0 radical (unpaired) electrons. The minimum absolute atomic E-state index is 0.123. The van der Waals surface area contributed by atoms with Crippen LogP contribution in [0.5, 0.6) is 0 Å². The molecule has 2 saturated heterocycles. The van der Waals surface area contributed by atoms with Crippen LogP contribution in [0.4, 0.5) is 4.79 Å². The molecule has 2 aliphatic heterocycles. The molecule has 4 heteroatoms. The average molecular weight is 212 g/mol. The molecule has 15 heavy (non-hydrogen) atoms. The van der Waals surface area contributed by atoms with Crippen LogP contribution in [-0.2, 0) is 4.74 Å². The predicted octanol–water partition coefficient (Wildman–Crippen LogP) is 1.31. The lowest BCUT2D eigenvalue weighted by Gasteiger charge is -2.36. The van der Waals surface area contributed by atoms with Crippen molar-refractivity contribution in [2.75, 3.05) is 32.7 Å². The molecule has 2 fully saturated rings. The summed E-state index contributed by atoms with van der Waals surface area (Å²) < 4.78 is 5.55. The van der Waals surface area contributed by atoms with E-state index in [0.29, 0.717) is 0 Å². The maximum Gasteiger partial charge on any atom is 0.410 e. The van der Waals surface area contributed by atoms with E-state index in [-0.39, 0.29) is 11.7 Å². The second-order valence-electron chi connectivity index (χ2n) is 4.50. The number of ether oxygens (including phenoxy) is 1. The molecule has 0 N–H and O–H groups in total. The zero-order valence-electron chi connectivity index (χ0n) is 9.66. The standard InChI is InChI=1S/C11H20N2O2/c1-3-12-7-5-11(6-8-12)9-13(4-2)10(14)15-11/h3-9H2,1-2H3. The van der Waals surface area contributed by atoms with E-state index in [4.69, 9.17) is 4.74 Å². The Balaban J connectivity index is 1.97. The van der Waals surface area contributed by atoms with Gasteiger partial charge < -0.3 is 14.5 Å². The van der Waals surface area contributed by atoms with Gasteiger partial charge in [0.2, 0.25) is 0 Å². The molecular formula is C11H20N2O2. The highest BCUT2D eigenvalue weighted by Crippen LogP contribution is 2.32. The zero-order valence-corrected chi connectivity index (χ0v) is 9.66. The number of carbonyl (C=O) groups excluding carboxylic acids is 1. The van der Waals surface area contributed by atoms with E-state index in [0.717, 1.165) is 45.6 Å². The predicted molar refractivity (Wildman–Crippen MR) is 57.8 cm³/mol. The molecule has 86 valence electrons. The summed E-state index contributed by atoms with van der Waals surface area (Å²) in [4.78, 5) is 15.7. The maximum absolute atomic E-state index is 11.5. The van der Waals surface area contributed by atoms with E-state index in [9.17, 15) is 4.79 Å². The van der Waals surface area contributed by atoms with Gasteiger partial charge in [0.15, 0.2) is 0 Å². The lowest BCUT2D eigenvalue weighted by atomic mass is 9.91. The number of hydrogen-bond donors (Lipinski definition) is 0. The van der Waals surface area contributed by atoms with Crippen LogP contribution in [0, 0.1) is 0 Å². The van der Waals surface area contributed by atoms with E-state index < -0.39 is 0 Å². The molecule has 2 rings (SSSR count). The first-order valence-corrected chi connectivity index (χ1v) is 5.89. The summed E-state index contributed by atoms with van der Waals surface area (Å²) in [6, 6.07) is 0. The summed E-state index contributed by atoms with van der Waals surface area (Å²) in [5.74, 6) is 0. The van der Waals surface area contributed by atoms with Crippen molar-refractivity contribution in [1.29, 1.82) is 0 Å². The molecule has 0 aromatic carbocycles. The van der Waals surface area contributed by atoms with Gasteiger partial charge in [-0.1, -0.05) is 6.92 Å². The van der Waals surface area contributed by atoms with E-state index in [2.05, 4.69) is 11.8 Å². The lowest BCUT2D eigenvalue weighted by molar-refractivity contribution is 0.00199. The van der Waals surface area contributed by atoms with Crippen LogP contribution < -0.4 is 0 Å². The third-order valence-electron chi connectivity index (χ3n) is 3.64. The summed E-state index contributed by atoms with van der Waals surface area (Å²) in [6.45, 7) is 8.95. The molecule has 0 aromatic rings. The highest BCUT2D eigenvalue weighted by molar-refractivity contribution is 5.70. The SMILES string of the molecule is CCN1CCC2(CC1)CN(CC)C(=O)O2. The van der Waals surface area contributed by atoms with Gasteiger partial charge in [-0.25, -0.2) is 4.79 Å². The zero-order chi connectivity index (χ0) is 10.9. The van der Waals surface area contributed by atoms with Crippen molar-refractivity contribution in [2.45, 2.75) is 32.3 Å². The number of piperidine rings is 1. The van der Waals surface area contributed by atoms with Gasteiger partial charge in [0.05, 0.1) is 6.54 Å². The summed E-state index contributed by atoms with van der Waals surface area (Å²) in [5, 5.41) is 0. The molecule has 1 amide bonds. The Bertz CT molecular complexity index is 247. The van der Waals surface area contributed by atoms with Crippen LogP contribution in [0.1, 0.15) is 26.7 Å². The van der Waals surface area contributed by atoms with Gasteiger partial charge in [-0.15, -0.1) is 0 Å². The fourth-order valence-electron chi connectivity index (χ4n) is 2.47. The summed E-state index contributed by atoms with van der Waals surface area (Å²) in [5.41, 5.74) is -0.168. The average Bonchev–Trinajstić information content (AvgIpc) is 2.56. The van der Waals surface area contributed by atoms with Crippen LogP contribution >= 0.6 is 0 Å². The molecule has 0 atom stereocenters. The number of likely N-dealkylation sites (tertiary alicyclic amines) is 1. The molecule has 0 aromatic heterocycles. The Labute approximate surface area is 91.2 Å². The van der Waals surface area contributed by atoms with Gasteiger partial charge in [0.25, 0.3) is 0 Å². The molecule has 0 aliphatic carbocycles.